The first-order valence-corrected chi connectivity index (χ1v) is 7.32. The first-order chi connectivity index (χ1) is 9.69. The molecule has 1 saturated carbocycles. The predicted octanol–water partition coefficient (Wildman–Crippen LogP) is 4.16. The van der Waals surface area contributed by atoms with Crippen molar-refractivity contribution in [3.63, 3.8) is 0 Å². The van der Waals surface area contributed by atoms with Crippen molar-refractivity contribution in [3.05, 3.63) is 41.4 Å². The molecule has 2 atom stereocenters. The van der Waals surface area contributed by atoms with Crippen molar-refractivity contribution in [1.82, 2.24) is 9.88 Å². The second-order valence-corrected chi connectivity index (χ2v) is 6.15. The average Bonchev–Trinajstić information content (AvgIpc) is 3.03. The number of aromatic amines is 1. The molecular formula is C17H21N3. The number of rotatable bonds is 3. The first kappa shape index (κ1) is 13.2. The highest BCUT2D eigenvalue weighted by molar-refractivity contribution is 5.87. The maximum atomic E-state index is 7.19. The lowest BCUT2D eigenvalue weighted by atomic mass is 9.88. The van der Waals surface area contributed by atoms with Gasteiger partial charge in [0.15, 0.2) is 5.69 Å². The van der Waals surface area contributed by atoms with E-state index in [2.05, 4.69) is 35.0 Å². The summed E-state index contributed by atoms with van der Waals surface area (Å²) in [6, 6.07) is 5.96. The van der Waals surface area contributed by atoms with Gasteiger partial charge in [0.1, 0.15) is 0 Å². The Bertz CT molecular complexity index is 648. The Morgan fingerprint density at radius 3 is 2.95 bits per heavy atom. The van der Waals surface area contributed by atoms with E-state index in [4.69, 9.17) is 6.57 Å². The van der Waals surface area contributed by atoms with Crippen LogP contribution < -0.4 is 0 Å². The molecule has 1 fully saturated rings. The molecule has 0 radical (unpaired) electrons. The quantitative estimate of drug-likeness (QED) is 0.829. The third-order valence-electron chi connectivity index (χ3n) is 4.48. The largest absolute Gasteiger partial charge is 0.361 e. The van der Waals surface area contributed by atoms with Gasteiger partial charge in [0.05, 0.1) is 6.57 Å². The van der Waals surface area contributed by atoms with Crippen LogP contribution in [-0.4, -0.2) is 30.5 Å². The highest BCUT2D eigenvalue weighted by Gasteiger charge is 2.30. The van der Waals surface area contributed by atoms with Crippen molar-refractivity contribution in [1.29, 1.82) is 0 Å². The lowest BCUT2D eigenvalue weighted by Gasteiger charge is -2.23. The summed E-state index contributed by atoms with van der Waals surface area (Å²) < 4.78 is 0. The number of nitrogens with one attached hydrogen (secondary N) is 1. The van der Waals surface area contributed by atoms with E-state index in [-0.39, 0.29) is 0 Å². The topological polar surface area (TPSA) is 23.4 Å². The van der Waals surface area contributed by atoms with Crippen LogP contribution in [0.2, 0.25) is 0 Å². The number of hydrogen-bond donors (Lipinski definition) is 1. The molecule has 3 rings (SSSR count). The van der Waals surface area contributed by atoms with Crippen molar-refractivity contribution in [2.24, 2.45) is 5.92 Å². The van der Waals surface area contributed by atoms with Gasteiger partial charge in [-0.2, -0.15) is 0 Å². The summed E-state index contributed by atoms with van der Waals surface area (Å²) in [5.41, 5.74) is 3.30. The van der Waals surface area contributed by atoms with Crippen LogP contribution in [0, 0.1) is 12.5 Å². The number of nitrogens with zero attached hydrogens (tertiary/aromatic N) is 2. The number of benzene rings is 1. The molecule has 0 unspecified atom stereocenters. The molecule has 1 aromatic heterocycles. The van der Waals surface area contributed by atoms with Crippen LogP contribution in [0.3, 0.4) is 0 Å². The lowest BCUT2D eigenvalue weighted by molar-refractivity contribution is 0.310. The summed E-state index contributed by atoms with van der Waals surface area (Å²) in [4.78, 5) is 9.23. The first-order valence-electron chi connectivity index (χ1n) is 7.32. The van der Waals surface area contributed by atoms with E-state index in [0.717, 1.165) is 23.7 Å². The second-order valence-electron chi connectivity index (χ2n) is 6.15. The normalized spacial score (nSPS) is 22.5. The summed E-state index contributed by atoms with van der Waals surface area (Å²) in [7, 11) is 4.31. The van der Waals surface area contributed by atoms with Crippen LogP contribution in [0.4, 0.5) is 5.69 Å². The Morgan fingerprint density at radius 1 is 1.35 bits per heavy atom. The average molecular weight is 267 g/mol. The van der Waals surface area contributed by atoms with Crippen molar-refractivity contribution in [2.75, 3.05) is 20.6 Å². The molecule has 1 heterocycles. The zero-order valence-electron chi connectivity index (χ0n) is 12.2. The van der Waals surface area contributed by atoms with Crippen molar-refractivity contribution >= 4 is 16.6 Å². The fourth-order valence-electron chi connectivity index (χ4n) is 3.64. The Morgan fingerprint density at radius 2 is 2.20 bits per heavy atom. The van der Waals surface area contributed by atoms with Gasteiger partial charge in [-0.1, -0.05) is 12.5 Å². The van der Waals surface area contributed by atoms with Crippen LogP contribution in [-0.2, 0) is 0 Å². The molecule has 0 spiro atoms. The Hall–Kier alpha value is -1.79. The fourth-order valence-corrected chi connectivity index (χ4v) is 3.64. The van der Waals surface area contributed by atoms with Gasteiger partial charge >= 0.3 is 0 Å². The summed E-state index contributed by atoms with van der Waals surface area (Å²) in [5, 5.41) is 1.24. The smallest absolute Gasteiger partial charge is 0.187 e. The molecular weight excluding hydrogens is 246 g/mol. The maximum Gasteiger partial charge on any atom is 0.187 e. The minimum atomic E-state index is 0.632. The minimum absolute atomic E-state index is 0.632. The van der Waals surface area contributed by atoms with E-state index < -0.39 is 0 Å². The van der Waals surface area contributed by atoms with Gasteiger partial charge in [0, 0.05) is 18.3 Å². The highest BCUT2D eigenvalue weighted by atomic mass is 15.1. The van der Waals surface area contributed by atoms with Crippen molar-refractivity contribution in [3.8, 4) is 0 Å². The van der Waals surface area contributed by atoms with E-state index in [9.17, 15) is 0 Å². The molecule has 104 valence electrons. The van der Waals surface area contributed by atoms with Crippen LogP contribution in [0.1, 0.15) is 30.7 Å². The molecule has 2 aromatic rings. The summed E-state index contributed by atoms with van der Waals surface area (Å²) in [6.45, 7) is 8.34. The van der Waals surface area contributed by atoms with Crippen LogP contribution in [0.25, 0.3) is 15.7 Å². The van der Waals surface area contributed by atoms with E-state index in [1.54, 1.807) is 0 Å². The van der Waals surface area contributed by atoms with Gasteiger partial charge in [-0.05, 0) is 61.9 Å². The van der Waals surface area contributed by atoms with E-state index in [0.29, 0.717) is 5.92 Å². The molecule has 3 nitrogen and oxygen atoms in total. The molecule has 3 heteroatoms. The molecule has 0 amide bonds. The third kappa shape index (κ3) is 2.32. The van der Waals surface area contributed by atoms with Gasteiger partial charge < -0.3 is 9.88 Å². The van der Waals surface area contributed by atoms with Crippen molar-refractivity contribution in [2.45, 2.75) is 25.2 Å². The van der Waals surface area contributed by atoms with Gasteiger partial charge in [0.2, 0.25) is 0 Å². The molecule has 0 bridgehead atoms. The number of aromatic nitrogens is 1. The predicted molar refractivity (Wildman–Crippen MR) is 83.2 cm³/mol. The number of fused-ring (bicyclic) bond motifs is 1. The number of hydrogen-bond acceptors (Lipinski definition) is 1. The van der Waals surface area contributed by atoms with E-state index in [1.165, 1.54) is 30.2 Å². The lowest BCUT2D eigenvalue weighted by Crippen LogP contribution is -2.23. The van der Waals surface area contributed by atoms with Gasteiger partial charge in [-0.3, -0.25) is 0 Å². The van der Waals surface area contributed by atoms with Gasteiger partial charge in [0.25, 0.3) is 0 Å². The molecule has 1 N–H and O–H groups in total. The molecule has 0 aliphatic heterocycles. The Labute approximate surface area is 120 Å². The maximum absolute atomic E-state index is 7.19. The molecule has 1 aliphatic carbocycles. The minimum Gasteiger partial charge on any atom is -0.361 e. The van der Waals surface area contributed by atoms with Gasteiger partial charge in [-0.25, -0.2) is 4.85 Å². The monoisotopic (exact) mass is 267 g/mol. The Kier molecular flexibility index (Phi) is 3.50. The van der Waals surface area contributed by atoms with Crippen LogP contribution in [0.15, 0.2) is 24.4 Å². The van der Waals surface area contributed by atoms with Crippen molar-refractivity contribution < 1.29 is 0 Å². The van der Waals surface area contributed by atoms with Crippen LogP contribution in [0.5, 0.6) is 0 Å². The summed E-state index contributed by atoms with van der Waals surface area (Å²) in [5.74, 6) is 1.37. The summed E-state index contributed by atoms with van der Waals surface area (Å²) in [6.07, 6.45) is 6.07. The fraction of sp³-hybridized carbons (Fsp3) is 0.471. The van der Waals surface area contributed by atoms with Gasteiger partial charge in [-0.15, -0.1) is 0 Å². The SMILES string of the molecule is [C-]#[N+]c1ccc2[nH]cc([C@H]3CCC[C@@H]3CN(C)C)c2c1. The Balaban J connectivity index is 1.99. The second kappa shape index (κ2) is 5.30. The summed E-state index contributed by atoms with van der Waals surface area (Å²) >= 11 is 0. The highest BCUT2D eigenvalue weighted by Crippen LogP contribution is 2.42. The van der Waals surface area contributed by atoms with E-state index >= 15 is 0 Å². The zero-order valence-corrected chi connectivity index (χ0v) is 12.2. The molecule has 20 heavy (non-hydrogen) atoms. The van der Waals surface area contributed by atoms with Crippen LogP contribution >= 0.6 is 0 Å². The van der Waals surface area contributed by atoms with E-state index in [1.807, 2.05) is 18.2 Å². The third-order valence-corrected chi connectivity index (χ3v) is 4.48. The molecule has 1 aliphatic rings. The molecule has 1 aromatic carbocycles. The molecule has 0 saturated heterocycles. The standard InChI is InChI=1S/C17H21N3/c1-18-13-7-8-17-15(9-13)16(10-19-17)14-6-4-5-12(14)11-20(2)3/h7-10,12,14,19H,4-6,11H2,2-3H3/t12-,14+/m1/s1. The zero-order chi connectivity index (χ0) is 14.1. The number of H-pyrrole nitrogens is 1.